The summed E-state index contributed by atoms with van der Waals surface area (Å²) in [6.07, 6.45) is -0.796. The Kier molecular flexibility index (Phi) is 6.08. The minimum atomic E-state index is -0.799. The van der Waals surface area contributed by atoms with E-state index in [0.29, 0.717) is 12.1 Å². The highest BCUT2D eigenvalue weighted by atomic mass is 19.1. The van der Waals surface area contributed by atoms with E-state index < -0.39 is 11.6 Å². The van der Waals surface area contributed by atoms with E-state index in [1.165, 1.54) is 24.3 Å². The summed E-state index contributed by atoms with van der Waals surface area (Å²) in [6, 6.07) is 5.68. The van der Waals surface area contributed by atoms with Crippen LogP contribution < -0.4 is 10.6 Å². The van der Waals surface area contributed by atoms with Crippen molar-refractivity contribution in [2.45, 2.75) is 46.3 Å². The van der Waals surface area contributed by atoms with E-state index in [-0.39, 0.29) is 23.7 Å². The van der Waals surface area contributed by atoms with Crippen LogP contribution in [0.2, 0.25) is 0 Å². The highest BCUT2D eigenvalue weighted by Crippen LogP contribution is 2.15. The number of hydrogen-bond acceptors (Lipinski definition) is 3. The summed E-state index contributed by atoms with van der Waals surface area (Å²) in [4.78, 5) is 12.2. The molecule has 1 aromatic rings. The molecule has 0 aromatic heterocycles. The van der Waals surface area contributed by atoms with Gasteiger partial charge in [-0.1, -0.05) is 32.9 Å². The molecule has 0 aliphatic carbocycles. The number of halogens is 1. The fourth-order valence-electron chi connectivity index (χ4n) is 1.80. The predicted octanol–water partition coefficient (Wildman–Crippen LogP) is 2.39. The minimum absolute atomic E-state index is 0.0133. The summed E-state index contributed by atoms with van der Waals surface area (Å²) in [7, 11) is 0. The van der Waals surface area contributed by atoms with Crippen LogP contribution in [0.3, 0.4) is 0 Å². The molecule has 22 heavy (non-hydrogen) atoms. The smallest absolute Gasteiger partial charge is 0.239 e. The van der Waals surface area contributed by atoms with Gasteiger partial charge in [0.05, 0.1) is 11.6 Å². The van der Waals surface area contributed by atoms with Crippen molar-refractivity contribution in [3.8, 4) is 0 Å². The number of carbonyl (C=O) groups excluding carboxylic acids is 1. The van der Waals surface area contributed by atoms with E-state index in [4.69, 9.17) is 0 Å². The summed E-state index contributed by atoms with van der Waals surface area (Å²) in [5.74, 6) is -0.459. The molecule has 0 heterocycles. The topological polar surface area (TPSA) is 61.4 Å². The molecular formula is C17H27FN2O2. The molecule has 1 atom stereocenters. The Hall–Kier alpha value is -1.46. The molecule has 4 nitrogen and oxygen atoms in total. The summed E-state index contributed by atoms with van der Waals surface area (Å²) in [5, 5.41) is 16.1. The minimum Gasteiger partial charge on any atom is -0.387 e. The predicted molar refractivity (Wildman–Crippen MR) is 85.9 cm³/mol. The number of aliphatic hydroxyl groups is 1. The standard InChI is InChI=1S/C17H27FN2O2/c1-16(2,3)11-19-15(22)17(4,5)20-10-14(21)12-6-8-13(18)9-7-12/h6-9,14,20-21H,10-11H2,1-5H3,(H,19,22). The van der Waals surface area contributed by atoms with Gasteiger partial charge < -0.3 is 15.7 Å². The molecule has 0 spiro atoms. The Morgan fingerprint density at radius 1 is 1.18 bits per heavy atom. The molecule has 1 unspecified atom stereocenters. The van der Waals surface area contributed by atoms with Crippen LogP contribution >= 0.6 is 0 Å². The van der Waals surface area contributed by atoms with Crippen molar-refractivity contribution in [3.63, 3.8) is 0 Å². The number of rotatable bonds is 6. The fourth-order valence-corrected chi connectivity index (χ4v) is 1.80. The monoisotopic (exact) mass is 310 g/mol. The van der Waals surface area contributed by atoms with Crippen molar-refractivity contribution in [1.82, 2.24) is 10.6 Å². The van der Waals surface area contributed by atoms with Crippen molar-refractivity contribution < 1.29 is 14.3 Å². The molecule has 0 aliphatic rings. The van der Waals surface area contributed by atoms with Gasteiger partial charge in [-0.05, 0) is 37.0 Å². The molecule has 0 saturated heterocycles. The molecule has 0 bridgehead atoms. The van der Waals surface area contributed by atoms with E-state index >= 15 is 0 Å². The second kappa shape index (κ2) is 7.20. The van der Waals surface area contributed by atoms with Crippen molar-refractivity contribution in [2.24, 2.45) is 5.41 Å². The number of carbonyl (C=O) groups is 1. The average molecular weight is 310 g/mol. The van der Waals surface area contributed by atoms with Crippen LogP contribution in [0.15, 0.2) is 24.3 Å². The maximum absolute atomic E-state index is 12.9. The number of amides is 1. The molecule has 0 aliphatic heterocycles. The molecule has 5 heteroatoms. The Labute approximate surface area is 132 Å². The van der Waals surface area contributed by atoms with Crippen LogP contribution in [0.1, 0.15) is 46.3 Å². The lowest BCUT2D eigenvalue weighted by Crippen LogP contribution is -2.54. The quantitative estimate of drug-likeness (QED) is 0.756. The van der Waals surface area contributed by atoms with Gasteiger partial charge >= 0.3 is 0 Å². The average Bonchev–Trinajstić information content (AvgIpc) is 2.42. The second-order valence-electron chi connectivity index (χ2n) is 7.32. The molecule has 124 valence electrons. The molecule has 1 rings (SSSR count). The van der Waals surface area contributed by atoms with E-state index in [9.17, 15) is 14.3 Å². The van der Waals surface area contributed by atoms with E-state index in [1.807, 2.05) is 20.8 Å². The van der Waals surface area contributed by atoms with Crippen LogP contribution in [0, 0.1) is 11.2 Å². The SMILES string of the molecule is CC(C)(C)CNC(=O)C(C)(C)NCC(O)c1ccc(F)cc1. The Bertz CT molecular complexity index is 492. The van der Waals surface area contributed by atoms with Crippen LogP contribution in [0.25, 0.3) is 0 Å². The van der Waals surface area contributed by atoms with Crippen LogP contribution in [0.4, 0.5) is 4.39 Å². The number of aliphatic hydroxyl groups excluding tert-OH is 1. The number of benzene rings is 1. The summed E-state index contributed by atoms with van der Waals surface area (Å²) in [6.45, 7) is 10.5. The zero-order valence-corrected chi connectivity index (χ0v) is 14.0. The first-order valence-corrected chi connectivity index (χ1v) is 7.48. The van der Waals surface area contributed by atoms with Gasteiger partial charge in [-0.3, -0.25) is 4.79 Å². The Morgan fingerprint density at radius 2 is 1.73 bits per heavy atom. The van der Waals surface area contributed by atoms with Gasteiger partial charge in [-0.15, -0.1) is 0 Å². The first-order chi connectivity index (χ1) is 10.0. The van der Waals surface area contributed by atoms with Gasteiger partial charge in [0.2, 0.25) is 5.91 Å². The van der Waals surface area contributed by atoms with E-state index in [2.05, 4.69) is 10.6 Å². The lowest BCUT2D eigenvalue weighted by atomic mass is 9.96. The zero-order valence-electron chi connectivity index (χ0n) is 14.0. The van der Waals surface area contributed by atoms with Crippen molar-refractivity contribution in [3.05, 3.63) is 35.6 Å². The highest BCUT2D eigenvalue weighted by molar-refractivity contribution is 5.85. The van der Waals surface area contributed by atoms with Crippen molar-refractivity contribution in [1.29, 1.82) is 0 Å². The molecule has 0 saturated carbocycles. The maximum Gasteiger partial charge on any atom is 0.239 e. The molecule has 1 aromatic carbocycles. The first-order valence-electron chi connectivity index (χ1n) is 7.48. The lowest BCUT2D eigenvalue weighted by Gasteiger charge is -2.28. The maximum atomic E-state index is 12.9. The zero-order chi connectivity index (χ0) is 17.0. The van der Waals surface area contributed by atoms with Gasteiger partial charge in [0, 0.05) is 13.1 Å². The van der Waals surface area contributed by atoms with Crippen LogP contribution in [-0.2, 0) is 4.79 Å². The van der Waals surface area contributed by atoms with E-state index in [1.54, 1.807) is 13.8 Å². The van der Waals surface area contributed by atoms with Crippen molar-refractivity contribution >= 4 is 5.91 Å². The normalized spacial score (nSPS) is 13.8. The second-order valence-corrected chi connectivity index (χ2v) is 7.32. The highest BCUT2D eigenvalue weighted by Gasteiger charge is 2.28. The summed E-state index contributed by atoms with van der Waals surface area (Å²) >= 11 is 0. The van der Waals surface area contributed by atoms with Crippen LogP contribution in [0.5, 0.6) is 0 Å². The molecule has 3 N–H and O–H groups in total. The molecule has 0 fully saturated rings. The Morgan fingerprint density at radius 3 is 2.23 bits per heavy atom. The van der Waals surface area contributed by atoms with Gasteiger partial charge in [0.25, 0.3) is 0 Å². The third-order valence-electron chi connectivity index (χ3n) is 3.34. The number of nitrogens with one attached hydrogen (secondary N) is 2. The fraction of sp³-hybridized carbons (Fsp3) is 0.588. The van der Waals surface area contributed by atoms with Crippen molar-refractivity contribution in [2.75, 3.05) is 13.1 Å². The molecule has 1 amide bonds. The lowest BCUT2D eigenvalue weighted by molar-refractivity contribution is -0.127. The molecule has 0 radical (unpaired) electrons. The van der Waals surface area contributed by atoms with Gasteiger partial charge in [0.1, 0.15) is 5.82 Å². The molecular weight excluding hydrogens is 283 g/mol. The summed E-state index contributed by atoms with van der Waals surface area (Å²) < 4.78 is 12.9. The van der Waals surface area contributed by atoms with Gasteiger partial charge in [-0.2, -0.15) is 0 Å². The van der Waals surface area contributed by atoms with Gasteiger partial charge in [-0.25, -0.2) is 4.39 Å². The third-order valence-corrected chi connectivity index (χ3v) is 3.34. The van der Waals surface area contributed by atoms with E-state index in [0.717, 1.165) is 0 Å². The summed E-state index contributed by atoms with van der Waals surface area (Å²) in [5.41, 5.74) is -0.175. The van der Waals surface area contributed by atoms with Gasteiger partial charge in [0.15, 0.2) is 0 Å². The largest absolute Gasteiger partial charge is 0.387 e. The number of β-amino-alcohol motifs (C(OH)–C–C–N with tert-alkyl or cyclic N) is 1. The Balaban J connectivity index is 2.53. The third kappa shape index (κ3) is 6.12. The first kappa shape index (κ1) is 18.6. The number of hydrogen-bond donors (Lipinski definition) is 3. The van der Waals surface area contributed by atoms with Crippen LogP contribution in [-0.4, -0.2) is 29.6 Å².